The molecule has 1 aromatic heterocycles. The van der Waals surface area contributed by atoms with Gasteiger partial charge in [-0.05, 0) is 37.2 Å². The van der Waals surface area contributed by atoms with Crippen molar-refractivity contribution in [2.45, 2.75) is 54.0 Å². The lowest BCUT2D eigenvalue weighted by Crippen LogP contribution is -2.09. The van der Waals surface area contributed by atoms with Crippen molar-refractivity contribution in [2.75, 3.05) is 0 Å². The van der Waals surface area contributed by atoms with Gasteiger partial charge in [0, 0.05) is 12.7 Å². The normalized spacial score (nSPS) is 18.7. The molecule has 0 radical (unpaired) electrons. The van der Waals surface area contributed by atoms with Gasteiger partial charge in [0.15, 0.2) is 0 Å². The zero-order valence-corrected chi connectivity index (χ0v) is 10.7. The highest BCUT2D eigenvalue weighted by Crippen LogP contribution is 2.30. The van der Waals surface area contributed by atoms with Crippen LogP contribution in [0, 0.1) is 11.8 Å². The number of rotatable bonds is 2. The molecule has 0 aliphatic heterocycles. The Hall–Kier alpha value is -0.790. The van der Waals surface area contributed by atoms with E-state index in [1.54, 1.807) is 0 Å². The first-order valence-electron chi connectivity index (χ1n) is 6.26. The van der Waals surface area contributed by atoms with Crippen molar-refractivity contribution in [3.8, 4) is 0 Å². The largest absolute Gasteiger partial charge is 0.272 e. The second-order valence-electron chi connectivity index (χ2n) is 4.37. The molecule has 0 fully saturated rings. The molecule has 2 nitrogen and oxygen atoms in total. The van der Waals surface area contributed by atoms with Gasteiger partial charge < -0.3 is 0 Å². The van der Waals surface area contributed by atoms with E-state index < -0.39 is 0 Å². The first-order chi connectivity index (χ1) is 7.20. The van der Waals surface area contributed by atoms with Crippen LogP contribution in [0.3, 0.4) is 0 Å². The van der Waals surface area contributed by atoms with Crippen molar-refractivity contribution in [3.05, 3.63) is 17.5 Å². The summed E-state index contributed by atoms with van der Waals surface area (Å²) in [6.45, 7) is 11.8. The molecule has 0 bridgehead atoms. The first kappa shape index (κ1) is 12.3. The minimum absolute atomic E-state index is 0.796. The smallest absolute Gasteiger partial charge is 0.0659 e. The predicted octanol–water partition coefficient (Wildman–Crippen LogP) is 3.30. The topological polar surface area (TPSA) is 17.8 Å². The van der Waals surface area contributed by atoms with E-state index in [1.165, 1.54) is 24.1 Å². The highest BCUT2D eigenvalue weighted by molar-refractivity contribution is 5.24. The zero-order chi connectivity index (χ0) is 11.4. The fraction of sp³-hybridized carbons (Fsp3) is 0.769. The van der Waals surface area contributed by atoms with Crippen molar-refractivity contribution in [1.29, 1.82) is 0 Å². The monoisotopic (exact) mass is 208 g/mol. The summed E-state index contributed by atoms with van der Waals surface area (Å²) >= 11 is 0. The quantitative estimate of drug-likeness (QED) is 0.729. The Kier molecular flexibility index (Phi) is 4.37. The number of nitrogens with zero attached hydrogens (tertiary/aromatic N) is 2. The third-order valence-electron chi connectivity index (χ3n) is 3.13. The highest BCUT2D eigenvalue weighted by atomic mass is 15.3. The Morgan fingerprint density at radius 3 is 2.53 bits per heavy atom. The molecule has 1 heterocycles. The van der Waals surface area contributed by atoms with E-state index in [4.69, 9.17) is 0 Å². The Morgan fingerprint density at radius 1 is 1.40 bits per heavy atom. The summed E-state index contributed by atoms with van der Waals surface area (Å²) in [5.74, 6) is 1.63. The second kappa shape index (κ2) is 5.34. The van der Waals surface area contributed by atoms with Gasteiger partial charge in [-0.2, -0.15) is 5.10 Å². The lowest BCUT2D eigenvalue weighted by Gasteiger charge is -2.12. The minimum Gasteiger partial charge on any atom is -0.272 e. The van der Waals surface area contributed by atoms with Crippen LogP contribution < -0.4 is 0 Å². The van der Waals surface area contributed by atoms with E-state index in [1.807, 2.05) is 13.8 Å². The molecule has 0 spiro atoms. The van der Waals surface area contributed by atoms with E-state index in [-0.39, 0.29) is 0 Å². The van der Waals surface area contributed by atoms with Gasteiger partial charge in [0.1, 0.15) is 0 Å². The lowest BCUT2D eigenvalue weighted by atomic mass is 9.93. The van der Waals surface area contributed by atoms with E-state index in [0.29, 0.717) is 0 Å². The SMILES string of the molecule is CC.CCn1cc2c(n1)C[C@@H](C(C)C)C2. The van der Waals surface area contributed by atoms with Crippen molar-refractivity contribution in [1.82, 2.24) is 9.78 Å². The molecule has 0 saturated heterocycles. The molecular weight excluding hydrogens is 184 g/mol. The van der Waals surface area contributed by atoms with Crippen LogP contribution in [0.4, 0.5) is 0 Å². The maximum atomic E-state index is 4.56. The number of aromatic nitrogens is 2. The molecule has 86 valence electrons. The van der Waals surface area contributed by atoms with E-state index in [0.717, 1.165) is 18.4 Å². The van der Waals surface area contributed by atoms with E-state index in [9.17, 15) is 0 Å². The van der Waals surface area contributed by atoms with Gasteiger partial charge in [0.2, 0.25) is 0 Å². The Bertz CT molecular complexity index is 276. The molecule has 0 unspecified atom stereocenters. The van der Waals surface area contributed by atoms with Crippen LogP contribution in [0.5, 0.6) is 0 Å². The number of fused-ring (bicyclic) bond motifs is 1. The van der Waals surface area contributed by atoms with Gasteiger partial charge in [-0.3, -0.25) is 4.68 Å². The number of hydrogen-bond acceptors (Lipinski definition) is 1. The highest BCUT2D eigenvalue weighted by Gasteiger charge is 2.26. The number of aryl methyl sites for hydroxylation is 1. The minimum atomic E-state index is 0.796. The molecule has 1 aromatic rings. The average Bonchev–Trinajstić information content (AvgIpc) is 2.77. The summed E-state index contributed by atoms with van der Waals surface area (Å²) < 4.78 is 2.06. The van der Waals surface area contributed by atoms with Crippen LogP contribution in [0.25, 0.3) is 0 Å². The lowest BCUT2D eigenvalue weighted by molar-refractivity contribution is 0.397. The summed E-state index contributed by atoms with van der Waals surface area (Å²) in [5, 5.41) is 4.56. The van der Waals surface area contributed by atoms with Crippen LogP contribution in [-0.2, 0) is 19.4 Å². The molecule has 0 aromatic carbocycles. The molecule has 1 aliphatic carbocycles. The van der Waals surface area contributed by atoms with Crippen LogP contribution in [0.15, 0.2) is 6.20 Å². The van der Waals surface area contributed by atoms with Gasteiger partial charge >= 0.3 is 0 Å². The van der Waals surface area contributed by atoms with Crippen molar-refractivity contribution in [3.63, 3.8) is 0 Å². The molecular formula is C13H24N2. The summed E-state index contributed by atoms with van der Waals surface area (Å²) in [7, 11) is 0. The maximum absolute atomic E-state index is 4.56. The van der Waals surface area contributed by atoms with Gasteiger partial charge in [0.25, 0.3) is 0 Å². The second-order valence-corrected chi connectivity index (χ2v) is 4.37. The molecule has 0 saturated carbocycles. The third-order valence-corrected chi connectivity index (χ3v) is 3.13. The van der Waals surface area contributed by atoms with E-state index in [2.05, 4.69) is 36.7 Å². The third kappa shape index (κ3) is 2.61. The van der Waals surface area contributed by atoms with Crippen molar-refractivity contribution in [2.24, 2.45) is 11.8 Å². The zero-order valence-electron chi connectivity index (χ0n) is 10.7. The first-order valence-corrected chi connectivity index (χ1v) is 6.26. The van der Waals surface area contributed by atoms with Gasteiger partial charge in [-0.1, -0.05) is 27.7 Å². The Labute approximate surface area is 93.7 Å². The Balaban J connectivity index is 0.000000531. The van der Waals surface area contributed by atoms with Crippen LogP contribution >= 0.6 is 0 Å². The van der Waals surface area contributed by atoms with Crippen molar-refractivity contribution >= 4 is 0 Å². The fourth-order valence-corrected chi connectivity index (χ4v) is 2.08. The standard InChI is InChI=1S/C11H18N2.C2H6/c1-4-13-7-10-5-9(8(2)3)6-11(10)12-13;1-2/h7-9H,4-6H2,1-3H3;1-2H3/t9-;/m0./s1. The van der Waals surface area contributed by atoms with Crippen LogP contribution in [0.2, 0.25) is 0 Å². The molecule has 0 amide bonds. The number of hydrogen-bond donors (Lipinski definition) is 0. The fourth-order valence-electron chi connectivity index (χ4n) is 2.08. The average molecular weight is 208 g/mol. The van der Waals surface area contributed by atoms with Gasteiger partial charge in [-0.25, -0.2) is 0 Å². The molecule has 1 atom stereocenters. The summed E-state index contributed by atoms with van der Waals surface area (Å²) in [6.07, 6.45) is 4.66. The molecule has 2 rings (SSSR count). The van der Waals surface area contributed by atoms with E-state index >= 15 is 0 Å². The van der Waals surface area contributed by atoms with Crippen LogP contribution in [0.1, 0.15) is 45.9 Å². The van der Waals surface area contributed by atoms with Crippen molar-refractivity contribution < 1.29 is 0 Å². The summed E-state index contributed by atoms with van der Waals surface area (Å²) in [5.41, 5.74) is 2.83. The summed E-state index contributed by atoms with van der Waals surface area (Å²) in [6, 6.07) is 0. The molecule has 2 heteroatoms. The molecule has 0 N–H and O–H groups in total. The molecule has 1 aliphatic rings. The predicted molar refractivity (Wildman–Crippen MR) is 65.0 cm³/mol. The van der Waals surface area contributed by atoms with Crippen LogP contribution in [-0.4, -0.2) is 9.78 Å². The maximum Gasteiger partial charge on any atom is 0.0659 e. The van der Waals surface area contributed by atoms with Gasteiger partial charge in [0.05, 0.1) is 5.69 Å². The molecule has 15 heavy (non-hydrogen) atoms. The summed E-state index contributed by atoms with van der Waals surface area (Å²) in [4.78, 5) is 0. The van der Waals surface area contributed by atoms with Gasteiger partial charge in [-0.15, -0.1) is 0 Å². The Morgan fingerprint density at radius 2 is 2.07 bits per heavy atom.